The highest BCUT2D eigenvalue weighted by molar-refractivity contribution is 6.30. The van der Waals surface area contributed by atoms with E-state index in [1.165, 1.54) is 0 Å². The highest BCUT2D eigenvalue weighted by Crippen LogP contribution is 2.32. The van der Waals surface area contributed by atoms with Crippen molar-refractivity contribution in [1.82, 2.24) is 5.43 Å². The predicted molar refractivity (Wildman–Crippen MR) is 88.3 cm³/mol. The van der Waals surface area contributed by atoms with E-state index in [4.69, 9.17) is 21.1 Å². The van der Waals surface area contributed by atoms with Crippen LogP contribution in [-0.4, -0.2) is 18.4 Å². The van der Waals surface area contributed by atoms with E-state index in [-0.39, 0.29) is 12.7 Å². The van der Waals surface area contributed by atoms with Crippen LogP contribution in [0, 0.1) is 0 Å². The SMILES string of the molecule is CC/C(=N/NC(=O)c1ccc2c(c1)OCO2)c1ccc(Cl)cc1. The van der Waals surface area contributed by atoms with E-state index < -0.39 is 0 Å². The summed E-state index contributed by atoms with van der Waals surface area (Å²) in [5.74, 6) is 0.902. The lowest BCUT2D eigenvalue weighted by molar-refractivity contribution is 0.0954. The molecule has 2 aromatic rings. The molecule has 1 N–H and O–H groups in total. The van der Waals surface area contributed by atoms with Gasteiger partial charge in [-0.05, 0) is 42.3 Å². The zero-order chi connectivity index (χ0) is 16.2. The Kier molecular flexibility index (Phi) is 4.48. The number of carbonyl (C=O) groups is 1. The zero-order valence-corrected chi connectivity index (χ0v) is 13.3. The molecule has 0 aliphatic carbocycles. The molecule has 0 atom stereocenters. The topological polar surface area (TPSA) is 59.9 Å². The monoisotopic (exact) mass is 330 g/mol. The first kappa shape index (κ1) is 15.4. The van der Waals surface area contributed by atoms with Crippen LogP contribution in [-0.2, 0) is 0 Å². The van der Waals surface area contributed by atoms with E-state index in [1.807, 2.05) is 19.1 Å². The summed E-state index contributed by atoms with van der Waals surface area (Å²) in [4.78, 5) is 12.2. The molecule has 0 aromatic heterocycles. The highest BCUT2D eigenvalue weighted by Gasteiger charge is 2.16. The number of fused-ring (bicyclic) bond motifs is 1. The number of hydrogen-bond donors (Lipinski definition) is 1. The fourth-order valence-electron chi connectivity index (χ4n) is 2.21. The minimum Gasteiger partial charge on any atom is -0.454 e. The third kappa shape index (κ3) is 3.46. The molecule has 0 saturated heterocycles. The van der Waals surface area contributed by atoms with Crippen molar-refractivity contribution in [3.63, 3.8) is 0 Å². The van der Waals surface area contributed by atoms with Gasteiger partial charge in [-0.2, -0.15) is 5.10 Å². The second-order valence-corrected chi connectivity index (χ2v) is 5.36. The quantitative estimate of drug-likeness (QED) is 0.688. The Morgan fingerprint density at radius 2 is 1.83 bits per heavy atom. The van der Waals surface area contributed by atoms with Crippen LogP contribution in [0.25, 0.3) is 0 Å². The molecule has 0 spiro atoms. The predicted octanol–water partition coefficient (Wildman–Crippen LogP) is 3.61. The smallest absolute Gasteiger partial charge is 0.271 e. The van der Waals surface area contributed by atoms with Gasteiger partial charge in [-0.25, -0.2) is 5.43 Å². The molecule has 1 amide bonds. The minimum atomic E-state index is -0.303. The lowest BCUT2D eigenvalue weighted by Gasteiger charge is -2.06. The number of nitrogens with zero attached hydrogens (tertiary/aromatic N) is 1. The van der Waals surface area contributed by atoms with Crippen LogP contribution in [0.1, 0.15) is 29.3 Å². The van der Waals surface area contributed by atoms with Crippen molar-refractivity contribution >= 4 is 23.2 Å². The number of hydrazone groups is 1. The van der Waals surface area contributed by atoms with E-state index in [1.54, 1.807) is 30.3 Å². The molecule has 118 valence electrons. The van der Waals surface area contributed by atoms with Crippen molar-refractivity contribution in [3.8, 4) is 11.5 Å². The average molecular weight is 331 g/mol. The number of halogens is 1. The van der Waals surface area contributed by atoms with E-state index in [0.717, 1.165) is 11.3 Å². The molecule has 5 nitrogen and oxygen atoms in total. The average Bonchev–Trinajstić information content (AvgIpc) is 3.04. The fourth-order valence-corrected chi connectivity index (χ4v) is 2.34. The maximum absolute atomic E-state index is 12.2. The van der Waals surface area contributed by atoms with Crippen molar-refractivity contribution in [2.75, 3.05) is 6.79 Å². The normalized spacial score (nSPS) is 13.0. The number of hydrogen-bond acceptors (Lipinski definition) is 4. The Labute approximate surface area is 138 Å². The summed E-state index contributed by atoms with van der Waals surface area (Å²) in [7, 11) is 0. The number of carbonyl (C=O) groups excluding carboxylic acids is 1. The van der Waals surface area contributed by atoms with Crippen LogP contribution < -0.4 is 14.9 Å². The number of rotatable bonds is 4. The van der Waals surface area contributed by atoms with Gasteiger partial charge in [0.25, 0.3) is 5.91 Å². The molecule has 3 rings (SSSR count). The van der Waals surface area contributed by atoms with E-state index in [2.05, 4.69) is 10.5 Å². The molecular weight excluding hydrogens is 316 g/mol. The second kappa shape index (κ2) is 6.71. The van der Waals surface area contributed by atoms with Crippen LogP contribution in [0.4, 0.5) is 0 Å². The molecular formula is C17H15ClN2O3. The van der Waals surface area contributed by atoms with Gasteiger partial charge in [0.05, 0.1) is 5.71 Å². The Balaban J connectivity index is 1.75. The summed E-state index contributed by atoms with van der Waals surface area (Å²) in [5.41, 5.74) is 4.73. The summed E-state index contributed by atoms with van der Waals surface area (Å²) in [6.07, 6.45) is 0.684. The maximum Gasteiger partial charge on any atom is 0.271 e. The third-order valence-electron chi connectivity index (χ3n) is 3.44. The molecule has 2 aromatic carbocycles. The Morgan fingerprint density at radius 3 is 2.57 bits per heavy atom. The summed E-state index contributed by atoms with van der Waals surface area (Å²) in [6.45, 7) is 2.15. The van der Waals surface area contributed by atoms with Gasteiger partial charge in [0.1, 0.15) is 0 Å². The molecule has 0 radical (unpaired) electrons. The molecule has 0 saturated carbocycles. The second-order valence-electron chi connectivity index (χ2n) is 4.93. The van der Waals surface area contributed by atoms with Crippen molar-refractivity contribution in [3.05, 3.63) is 58.6 Å². The van der Waals surface area contributed by atoms with Gasteiger partial charge in [0.2, 0.25) is 6.79 Å². The largest absolute Gasteiger partial charge is 0.454 e. The summed E-state index contributed by atoms with van der Waals surface area (Å²) in [5, 5.41) is 4.87. The lowest BCUT2D eigenvalue weighted by Crippen LogP contribution is -2.20. The van der Waals surface area contributed by atoms with Gasteiger partial charge < -0.3 is 9.47 Å². The molecule has 1 aliphatic heterocycles. The van der Waals surface area contributed by atoms with Crippen LogP contribution in [0.15, 0.2) is 47.6 Å². The third-order valence-corrected chi connectivity index (χ3v) is 3.69. The van der Waals surface area contributed by atoms with Gasteiger partial charge >= 0.3 is 0 Å². The number of amides is 1. The number of ether oxygens (including phenoxy) is 2. The molecule has 0 fully saturated rings. The number of benzene rings is 2. The Morgan fingerprint density at radius 1 is 1.13 bits per heavy atom. The molecule has 0 bridgehead atoms. The van der Waals surface area contributed by atoms with E-state index in [9.17, 15) is 4.79 Å². The first-order valence-corrected chi connectivity index (χ1v) is 7.57. The first-order valence-electron chi connectivity index (χ1n) is 7.20. The van der Waals surface area contributed by atoms with Crippen molar-refractivity contribution in [2.45, 2.75) is 13.3 Å². The Hall–Kier alpha value is -2.53. The first-order chi connectivity index (χ1) is 11.2. The summed E-state index contributed by atoms with van der Waals surface area (Å²) < 4.78 is 10.5. The van der Waals surface area contributed by atoms with Crippen molar-refractivity contribution < 1.29 is 14.3 Å². The summed E-state index contributed by atoms with van der Waals surface area (Å²) in [6, 6.07) is 12.4. The van der Waals surface area contributed by atoms with Crippen LogP contribution in [0.2, 0.25) is 5.02 Å². The van der Waals surface area contributed by atoms with Gasteiger partial charge in [-0.1, -0.05) is 30.7 Å². The molecule has 1 aliphatic rings. The van der Waals surface area contributed by atoms with Crippen molar-refractivity contribution in [1.29, 1.82) is 0 Å². The van der Waals surface area contributed by atoms with Crippen molar-refractivity contribution in [2.24, 2.45) is 5.10 Å². The van der Waals surface area contributed by atoms with Gasteiger partial charge in [0, 0.05) is 10.6 Å². The number of nitrogens with one attached hydrogen (secondary N) is 1. The molecule has 6 heteroatoms. The summed E-state index contributed by atoms with van der Waals surface area (Å²) >= 11 is 5.88. The standard InChI is InChI=1S/C17H15ClN2O3/c1-2-14(11-3-6-13(18)7-4-11)19-20-17(21)12-5-8-15-16(9-12)23-10-22-15/h3-9H,2,10H2,1H3,(H,20,21)/b19-14-. The van der Waals surface area contributed by atoms with Gasteiger partial charge in [-0.15, -0.1) is 0 Å². The van der Waals surface area contributed by atoms with Crippen LogP contribution in [0.5, 0.6) is 11.5 Å². The molecule has 0 unspecified atom stereocenters. The zero-order valence-electron chi connectivity index (χ0n) is 12.5. The highest BCUT2D eigenvalue weighted by atomic mass is 35.5. The van der Waals surface area contributed by atoms with Crippen LogP contribution in [0.3, 0.4) is 0 Å². The van der Waals surface area contributed by atoms with E-state index >= 15 is 0 Å². The van der Waals surface area contributed by atoms with Crippen LogP contribution >= 0.6 is 11.6 Å². The minimum absolute atomic E-state index is 0.176. The molecule has 1 heterocycles. The van der Waals surface area contributed by atoms with E-state index in [0.29, 0.717) is 28.5 Å². The Bertz CT molecular complexity index is 757. The fraction of sp³-hybridized carbons (Fsp3) is 0.176. The maximum atomic E-state index is 12.2. The van der Waals surface area contributed by atoms with Gasteiger partial charge in [-0.3, -0.25) is 4.79 Å². The van der Waals surface area contributed by atoms with Gasteiger partial charge in [0.15, 0.2) is 11.5 Å². The molecule has 23 heavy (non-hydrogen) atoms. The lowest BCUT2D eigenvalue weighted by atomic mass is 10.1.